The van der Waals surface area contributed by atoms with Crippen LogP contribution in [0.3, 0.4) is 0 Å². The number of likely N-dealkylation sites (tertiary alicyclic amines) is 1. The highest BCUT2D eigenvalue weighted by molar-refractivity contribution is 7.20. The van der Waals surface area contributed by atoms with Crippen molar-refractivity contribution >= 4 is 34.6 Å². The fourth-order valence-electron chi connectivity index (χ4n) is 2.59. The maximum absolute atomic E-state index is 12.1. The summed E-state index contributed by atoms with van der Waals surface area (Å²) in [6.45, 7) is 3.42. The summed E-state index contributed by atoms with van der Waals surface area (Å²) in [7, 11) is 0. The van der Waals surface area contributed by atoms with E-state index < -0.39 is 5.97 Å². The lowest BCUT2D eigenvalue weighted by Gasteiger charge is -2.30. The molecule has 1 atom stereocenters. The highest BCUT2D eigenvalue weighted by Crippen LogP contribution is 2.28. The first-order chi connectivity index (χ1) is 11.1. The van der Waals surface area contributed by atoms with E-state index in [-0.39, 0.29) is 18.2 Å². The van der Waals surface area contributed by atoms with Gasteiger partial charge in [0.15, 0.2) is 12.3 Å². The average Bonchev–Trinajstić information content (AvgIpc) is 3.22. The number of hydrogen-bond donors (Lipinski definition) is 0. The highest BCUT2D eigenvalue weighted by Gasteiger charge is 2.22. The number of ether oxygens (including phenoxy) is 1. The number of nitrogens with zero attached hydrogens (tertiary/aromatic N) is 2. The summed E-state index contributed by atoms with van der Waals surface area (Å²) >= 11 is 2.97. The Morgan fingerprint density at radius 1 is 1.43 bits per heavy atom. The van der Waals surface area contributed by atoms with Crippen LogP contribution in [-0.2, 0) is 9.53 Å². The Bertz CT molecular complexity index is 681. The second kappa shape index (κ2) is 7.23. The van der Waals surface area contributed by atoms with Crippen LogP contribution in [0.2, 0.25) is 0 Å². The van der Waals surface area contributed by atoms with Gasteiger partial charge >= 0.3 is 5.97 Å². The number of hydrogen-bond acceptors (Lipinski definition) is 6. The van der Waals surface area contributed by atoms with Crippen molar-refractivity contribution in [3.05, 3.63) is 28.6 Å². The van der Waals surface area contributed by atoms with Crippen molar-refractivity contribution in [2.45, 2.75) is 19.8 Å². The molecule has 0 spiro atoms. The van der Waals surface area contributed by atoms with Crippen molar-refractivity contribution in [3.63, 3.8) is 0 Å². The fraction of sp³-hybridized carbons (Fsp3) is 0.438. The van der Waals surface area contributed by atoms with E-state index in [2.05, 4.69) is 11.9 Å². The molecule has 0 saturated carbocycles. The van der Waals surface area contributed by atoms with Gasteiger partial charge in [-0.05, 0) is 30.2 Å². The number of amides is 1. The van der Waals surface area contributed by atoms with Crippen LogP contribution in [0.5, 0.6) is 0 Å². The van der Waals surface area contributed by atoms with E-state index in [0.717, 1.165) is 35.8 Å². The lowest BCUT2D eigenvalue weighted by atomic mass is 10.0. The average molecular weight is 350 g/mol. The molecule has 0 aromatic carbocycles. The van der Waals surface area contributed by atoms with E-state index in [4.69, 9.17) is 4.74 Å². The van der Waals surface area contributed by atoms with Gasteiger partial charge in [0.05, 0.1) is 4.88 Å². The van der Waals surface area contributed by atoms with Crippen LogP contribution in [0.4, 0.5) is 0 Å². The molecule has 1 amide bonds. The number of aromatic nitrogens is 1. The minimum Gasteiger partial charge on any atom is -0.451 e. The van der Waals surface area contributed by atoms with E-state index in [1.807, 2.05) is 17.5 Å². The van der Waals surface area contributed by atoms with Gasteiger partial charge in [-0.15, -0.1) is 22.7 Å². The van der Waals surface area contributed by atoms with Crippen LogP contribution >= 0.6 is 22.7 Å². The summed E-state index contributed by atoms with van der Waals surface area (Å²) in [6.07, 6.45) is 2.16. The number of carbonyl (C=O) groups excluding carboxylic acids is 2. The summed E-state index contributed by atoms with van der Waals surface area (Å²) in [5, 5.41) is 4.43. The van der Waals surface area contributed by atoms with E-state index >= 15 is 0 Å². The summed E-state index contributed by atoms with van der Waals surface area (Å²) in [5.74, 6) is -0.156. The second-order valence-corrected chi connectivity index (χ2v) is 7.48. The zero-order valence-corrected chi connectivity index (χ0v) is 14.5. The molecule has 23 heavy (non-hydrogen) atoms. The molecule has 0 unspecified atom stereocenters. The third-order valence-corrected chi connectivity index (χ3v) is 5.66. The molecule has 0 bridgehead atoms. The minimum atomic E-state index is -0.539. The predicted molar refractivity (Wildman–Crippen MR) is 90.7 cm³/mol. The van der Waals surface area contributed by atoms with Gasteiger partial charge in [0, 0.05) is 18.5 Å². The topological polar surface area (TPSA) is 59.5 Å². The molecule has 7 heteroatoms. The number of carbonyl (C=O) groups is 2. The summed E-state index contributed by atoms with van der Waals surface area (Å²) in [6, 6.07) is 3.90. The zero-order chi connectivity index (χ0) is 16.2. The van der Waals surface area contributed by atoms with Crippen LogP contribution in [0, 0.1) is 5.92 Å². The van der Waals surface area contributed by atoms with Gasteiger partial charge in [0.1, 0.15) is 5.01 Å². The summed E-state index contributed by atoms with van der Waals surface area (Å²) < 4.78 is 5.13. The lowest BCUT2D eigenvalue weighted by Crippen LogP contribution is -2.41. The number of rotatable bonds is 4. The van der Waals surface area contributed by atoms with Gasteiger partial charge < -0.3 is 9.64 Å². The van der Waals surface area contributed by atoms with E-state index in [9.17, 15) is 9.59 Å². The summed E-state index contributed by atoms with van der Waals surface area (Å²) in [4.78, 5) is 31.2. The van der Waals surface area contributed by atoms with Crippen molar-refractivity contribution in [1.29, 1.82) is 0 Å². The third kappa shape index (κ3) is 3.97. The lowest BCUT2D eigenvalue weighted by molar-refractivity contribution is -0.136. The summed E-state index contributed by atoms with van der Waals surface area (Å²) in [5.41, 5.74) is 0.262. The number of piperidine rings is 1. The predicted octanol–water partition coefficient (Wildman–Crippen LogP) is 3.29. The SMILES string of the molecule is C[C@H]1CCCN(C(=O)COC(=O)c2csc(-c3cccs3)n2)C1. The molecule has 1 aliphatic rings. The number of thiophene rings is 1. The first kappa shape index (κ1) is 16.1. The maximum Gasteiger partial charge on any atom is 0.358 e. The Morgan fingerprint density at radius 2 is 2.30 bits per heavy atom. The first-order valence-electron chi connectivity index (χ1n) is 7.58. The van der Waals surface area contributed by atoms with Crippen LogP contribution in [0.25, 0.3) is 9.88 Å². The highest BCUT2D eigenvalue weighted by atomic mass is 32.1. The van der Waals surface area contributed by atoms with Gasteiger partial charge in [0.2, 0.25) is 0 Å². The monoisotopic (exact) mass is 350 g/mol. The molecule has 3 heterocycles. The number of esters is 1. The van der Waals surface area contributed by atoms with Crippen LogP contribution in [-0.4, -0.2) is 41.5 Å². The quantitative estimate of drug-likeness (QED) is 0.794. The Balaban J connectivity index is 1.54. The molecule has 1 fully saturated rings. The Morgan fingerprint density at radius 3 is 3.04 bits per heavy atom. The molecule has 122 valence electrons. The third-order valence-electron chi connectivity index (χ3n) is 3.78. The molecule has 2 aromatic rings. The van der Waals surface area contributed by atoms with Gasteiger partial charge in [-0.1, -0.05) is 13.0 Å². The van der Waals surface area contributed by atoms with Crippen molar-refractivity contribution in [2.24, 2.45) is 5.92 Å². The molecular weight excluding hydrogens is 332 g/mol. The Labute approximate surface area is 142 Å². The van der Waals surface area contributed by atoms with Crippen molar-refractivity contribution in [2.75, 3.05) is 19.7 Å². The normalized spacial score (nSPS) is 18.0. The van der Waals surface area contributed by atoms with Gasteiger partial charge in [-0.2, -0.15) is 0 Å². The zero-order valence-electron chi connectivity index (χ0n) is 12.9. The van der Waals surface area contributed by atoms with E-state index in [1.54, 1.807) is 21.6 Å². The molecule has 3 rings (SSSR count). The fourth-order valence-corrected chi connectivity index (χ4v) is 4.19. The molecule has 1 aliphatic heterocycles. The van der Waals surface area contributed by atoms with Crippen LogP contribution < -0.4 is 0 Å². The maximum atomic E-state index is 12.1. The van der Waals surface area contributed by atoms with E-state index in [0.29, 0.717) is 5.92 Å². The van der Waals surface area contributed by atoms with Crippen molar-refractivity contribution < 1.29 is 14.3 Å². The molecule has 5 nitrogen and oxygen atoms in total. The first-order valence-corrected chi connectivity index (χ1v) is 9.33. The molecule has 0 N–H and O–H groups in total. The largest absolute Gasteiger partial charge is 0.451 e. The molecule has 2 aromatic heterocycles. The second-order valence-electron chi connectivity index (χ2n) is 5.68. The van der Waals surface area contributed by atoms with Crippen LogP contribution in [0.1, 0.15) is 30.3 Å². The van der Waals surface area contributed by atoms with Gasteiger partial charge in [-0.25, -0.2) is 9.78 Å². The Kier molecular flexibility index (Phi) is 5.07. The molecule has 0 radical (unpaired) electrons. The van der Waals surface area contributed by atoms with Crippen molar-refractivity contribution in [1.82, 2.24) is 9.88 Å². The van der Waals surface area contributed by atoms with Crippen LogP contribution in [0.15, 0.2) is 22.9 Å². The molecular formula is C16H18N2O3S2. The smallest absolute Gasteiger partial charge is 0.358 e. The standard InChI is InChI=1S/C16H18N2O3S2/c1-11-4-2-6-18(8-11)14(19)9-21-16(20)12-10-23-15(17-12)13-5-3-7-22-13/h3,5,7,10-11H,2,4,6,8-9H2,1H3/t11-/m0/s1. The molecule has 1 saturated heterocycles. The molecule has 0 aliphatic carbocycles. The number of thiazole rings is 1. The van der Waals surface area contributed by atoms with Gasteiger partial charge in [0.25, 0.3) is 5.91 Å². The van der Waals surface area contributed by atoms with E-state index in [1.165, 1.54) is 11.3 Å². The minimum absolute atomic E-state index is 0.126. The van der Waals surface area contributed by atoms with Crippen molar-refractivity contribution in [3.8, 4) is 9.88 Å². The Hall–Kier alpha value is -1.73. The van der Waals surface area contributed by atoms with Gasteiger partial charge in [-0.3, -0.25) is 4.79 Å².